The first-order valence-electron chi connectivity index (χ1n) is 8.76. The Bertz CT molecular complexity index is 799. The van der Waals surface area contributed by atoms with E-state index in [1.54, 1.807) is 23.9 Å². The largest absolute Gasteiger partial charge is 0.240 e. The molecular formula is C20H25NO2S2. The van der Waals surface area contributed by atoms with E-state index in [9.17, 15) is 8.42 Å². The van der Waals surface area contributed by atoms with Crippen LogP contribution in [-0.2, 0) is 10.0 Å². The molecule has 3 rings (SSSR count). The summed E-state index contributed by atoms with van der Waals surface area (Å²) in [5, 5.41) is 0.275. The average molecular weight is 376 g/mol. The Morgan fingerprint density at radius 3 is 2.08 bits per heavy atom. The van der Waals surface area contributed by atoms with Gasteiger partial charge in [0.05, 0.1) is 4.90 Å². The summed E-state index contributed by atoms with van der Waals surface area (Å²) < 4.78 is 28.4. The van der Waals surface area contributed by atoms with E-state index in [1.807, 2.05) is 19.1 Å². The van der Waals surface area contributed by atoms with Gasteiger partial charge in [0.1, 0.15) is 0 Å². The van der Waals surface area contributed by atoms with Gasteiger partial charge in [-0.15, -0.1) is 11.8 Å². The summed E-state index contributed by atoms with van der Waals surface area (Å²) in [4.78, 5) is 1.56. The summed E-state index contributed by atoms with van der Waals surface area (Å²) in [6, 6.07) is 15.5. The Hall–Kier alpha value is -1.30. The molecule has 0 radical (unpaired) electrons. The van der Waals surface area contributed by atoms with Gasteiger partial charge in [0.25, 0.3) is 0 Å². The minimum absolute atomic E-state index is 0.0219. The highest BCUT2D eigenvalue weighted by Crippen LogP contribution is 2.34. The molecule has 0 saturated heterocycles. The monoisotopic (exact) mass is 375 g/mol. The van der Waals surface area contributed by atoms with Gasteiger partial charge in [0.2, 0.25) is 10.0 Å². The van der Waals surface area contributed by atoms with Crippen molar-refractivity contribution in [2.24, 2.45) is 0 Å². The number of thioether (sulfide) groups is 1. The lowest BCUT2D eigenvalue weighted by molar-refractivity contribution is 0.423. The highest BCUT2D eigenvalue weighted by atomic mass is 32.2. The van der Waals surface area contributed by atoms with Crippen LogP contribution in [0.5, 0.6) is 0 Å². The molecule has 1 saturated carbocycles. The van der Waals surface area contributed by atoms with Gasteiger partial charge in [0.15, 0.2) is 0 Å². The number of aryl methyl sites for hydroxylation is 2. The maximum atomic E-state index is 12.7. The number of nitrogens with one attached hydrogen (secondary N) is 1. The Morgan fingerprint density at radius 1 is 0.880 bits per heavy atom. The molecular weight excluding hydrogens is 350 g/mol. The van der Waals surface area contributed by atoms with E-state index in [4.69, 9.17) is 0 Å². The molecule has 134 valence electrons. The molecule has 0 bridgehead atoms. The van der Waals surface area contributed by atoms with E-state index in [1.165, 1.54) is 10.5 Å². The summed E-state index contributed by atoms with van der Waals surface area (Å²) in [7, 11) is -3.47. The van der Waals surface area contributed by atoms with Crippen LogP contribution >= 0.6 is 11.8 Å². The molecule has 1 aliphatic rings. The van der Waals surface area contributed by atoms with Gasteiger partial charge < -0.3 is 0 Å². The molecule has 0 amide bonds. The van der Waals surface area contributed by atoms with Gasteiger partial charge in [-0.2, -0.15) is 0 Å². The Kier molecular flexibility index (Phi) is 5.87. The van der Waals surface area contributed by atoms with E-state index >= 15 is 0 Å². The normalized spacial score (nSPS) is 21.2. The van der Waals surface area contributed by atoms with Gasteiger partial charge in [-0.05, 0) is 51.0 Å². The van der Waals surface area contributed by atoms with Crippen molar-refractivity contribution in [1.82, 2.24) is 4.72 Å². The first-order chi connectivity index (χ1) is 11.9. The van der Waals surface area contributed by atoms with Gasteiger partial charge in [-0.1, -0.05) is 48.2 Å². The quantitative estimate of drug-likeness (QED) is 0.825. The smallest absolute Gasteiger partial charge is 0.207 e. The molecule has 3 nitrogen and oxygen atoms in total. The number of hydrogen-bond acceptors (Lipinski definition) is 3. The van der Waals surface area contributed by atoms with Crippen LogP contribution in [0.25, 0.3) is 0 Å². The molecule has 0 aromatic heterocycles. The standard InChI is InChI=1S/C20H25NO2S2/c1-15-7-11-17(12-8-15)24-20-6-4-3-5-19(20)21-25(22,23)18-13-9-16(2)10-14-18/h7-14,19-21H,3-6H2,1-2H3/t19-,20-/m0/s1. The maximum Gasteiger partial charge on any atom is 0.240 e. The zero-order chi connectivity index (χ0) is 17.9. The highest BCUT2D eigenvalue weighted by molar-refractivity contribution is 8.00. The van der Waals surface area contributed by atoms with Crippen LogP contribution < -0.4 is 4.72 Å². The van der Waals surface area contributed by atoms with Crippen LogP contribution in [0.4, 0.5) is 0 Å². The summed E-state index contributed by atoms with van der Waals surface area (Å²) in [6.45, 7) is 4.03. The summed E-state index contributed by atoms with van der Waals surface area (Å²) in [6.07, 6.45) is 4.17. The van der Waals surface area contributed by atoms with Gasteiger partial charge in [-0.3, -0.25) is 0 Å². The van der Waals surface area contributed by atoms with E-state index in [2.05, 4.69) is 35.9 Å². The third-order valence-corrected chi connectivity index (χ3v) is 7.57. The molecule has 1 fully saturated rings. The lowest BCUT2D eigenvalue weighted by atomic mass is 9.96. The fourth-order valence-electron chi connectivity index (χ4n) is 3.15. The number of benzene rings is 2. The Balaban J connectivity index is 1.74. The zero-order valence-electron chi connectivity index (χ0n) is 14.7. The van der Waals surface area contributed by atoms with Gasteiger partial charge in [0, 0.05) is 16.2 Å². The molecule has 1 N–H and O–H groups in total. The Labute approximate surface area is 155 Å². The molecule has 0 spiro atoms. The minimum Gasteiger partial charge on any atom is -0.207 e. The number of hydrogen-bond donors (Lipinski definition) is 1. The second-order valence-corrected chi connectivity index (χ2v) is 9.82. The third-order valence-electron chi connectivity index (χ3n) is 4.65. The molecule has 0 heterocycles. The molecule has 0 unspecified atom stereocenters. The molecule has 5 heteroatoms. The van der Waals surface area contributed by atoms with Crippen molar-refractivity contribution in [3.05, 3.63) is 59.7 Å². The van der Waals surface area contributed by atoms with E-state index in [0.717, 1.165) is 31.2 Å². The van der Waals surface area contributed by atoms with Crippen LogP contribution in [0.3, 0.4) is 0 Å². The fourth-order valence-corrected chi connectivity index (χ4v) is 5.84. The van der Waals surface area contributed by atoms with Crippen LogP contribution in [0, 0.1) is 13.8 Å². The summed E-state index contributed by atoms with van der Waals surface area (Å²) >= 11 is 1.79. The van der Waals surface area contributed by atoms with Crippen LogP contribution in [0.2, 0.25) is 0 Å². The molecule has 1 aliphatic carbocycles. The van der Waals surface area contributed by atoms with Gasteiger partial charge >= 0.3 is 0 Å². The summed E-state index contributed by atoms with van der Waals surface area (Å²) in [5.41, 5.74) is 2.30. The maximum absolute atomic E-state index is 12.7. The molecule has 25 heavy (non-hydrogen) atoms. The first-order valence-corrected chi connectivity index (χ1v) is 11.1. The van der Waals surface area contributed by atoms with Crippen LogP contribution in [-0.4, -0.2) is 19.7 Å². The number of sulfonamides is 1. The molecule has 2 aromatic rings. The zero-order valence-corrected chi connectivity index (χ0v) is 16.4. The molecule has 2 aromatic carbocycles. The van der Waals surface area contributed by atoms with E-state index in [0.29, 0.717) is 4.90 Å². The van der Waals surface area contributed by atoms with Crippen molar-refractivity contribution in [2.75, 3.05) is 0 Å². The fraction of sp³-hybridized carbons (Fsp3) is 0.400. The van der Waals surface area contributed by atoms with Crippen molar-refractivity contribution >= 4 is 21.8 Å². The van der Waals surface area contributed by atoms with E-state index in [-0.39, 0.29) is 11.3 Å². The van der Waals surface area contributed by atoms with Crippen molar-refractivity contribution < 1.29 is 8.42 Å². The van der Waals surface area contributed by atoms with Crippen molar-refractivity contribution in [3.8, 4) is 0 Å². The van der Waals surface area contributed by atoms with Crippen molar-refractivity contribution in [1.29, 1.82) is 0 Å². The van der Waals surface area contributed by atoms with Gasteiger partial charge in [-0.25, -0.2) is 13.1 Å². The summed E-state index contributed by atoms with van der Waals surface area (Å²) in [5.74, 6) is 0. The lowest BCUT2D eigenvalue weighted by Gasteiger charge is -2.31. The van der Waals surface area contributed by atoms with Crippen LogP contribution in [0.1, 0.15) is 36.8 Å². The first kappa shape index (κ1) is 18.5. The second-order valence-electron chi connectivity index (χ2n) is 6.79. The SMILES string of the molecule is Cc1ccc(S[C@H]2CCCC[C@@H]2NS(=O)(=O)c2ccc(C)cc2)cc1. The highest BCUT2D eigenvalue weighted by Gasteiger charge is 2.30. The minimum atomic E-state index is -3.47. The molecule has 2 atom stereocenters. The number of rotatable bonds is 5. The van der Waals surface area contributed by atoms with E-state index < -0.39 is 10.0 Å². The second kappa shape index (κ2) is 7.94. The third kappa shape index (κ3) is 4.87. The van der Waals surface area contributed by atoms with Crippen LogP contribution in [0.15, 0.2) is 58.3 Å². The predicted octanol–water partition coefficient (Wildman–Crippen LogP) is 4.69. The predicted molar refractivity (Wildman–Crippen MR) is 105 cm³/mol. The van der Waals surface area contributed by atoms with Crippen molar-refractivity contribution in [2.45, 2.75) is 60.6 Å². The lowest BCUT2D eigenvalue weighted by Crippen LogP contribution is -2.43. The molecule has 0 aliphatic heterocycles. The Morgan fingerprint density at radius 2 is 1.44 bits per heavy atom. The average Bonchev–Trinajstić information content (AvgIpc) is 2.59. The topological polar surface area (TPSA) is 46.2 Å². The van der Waals surface area contributed by atoms with Crippen molar-refractivity contribution in [3.63, 3.8) is 0 Å².